The van der Waals surface area contributed by atoms with Gasteiger partial charge in [0.05, 0.1) is 13.7 Å². The topological polar surface area (TPSA) is 38.7 Å². The minimum Gasteiger partial charge on any atom is -0.490 e. The Bertz CT molecular complexity index is 584. The Morgan fingerprint density at radius 2 is 1.76 bits per heavy atom. The van der Waals surface area contributed by atoms with Gasteiger partial charge in [-0.2, -0.15) is 0 Å². The van der Waals surface area contributed by atoms with Crippen LogP contribution in [0.2, 0.25) is 0 Å². The number of aliphatic hydroxyl groups is 1. The molecule has 21 heavy (non-hydrogen) atoms. The molecule has 0 amide bonds. The van der Waals surface area contributed by atoms with Crippen molar-refractivity contribution < 1.29 is 19.0 Å². The number of hydrogen-bond donors (Lipinski definition) is 1. The zero-order valence-electron chi connectivity index (χ0n) is 12.0. The summed E-state index contributed by atoms with van der Waals surface area (Å²) in [6, 6.07) is 12.6. The van der Waals surface area contributed by atoms with Gasteiger partial charge >= 0.3 is 0 Å². The fourth-order valence-corrected chi connectivity index (χ4v) is 2.15. The number of benzene rings is 2. The van der Waals surface area contributed by atoms with Crippen LogP contribution in [0, 0.1) is 5.82 Å². The lowest BCUT2D eigenvalue weighted by molar-refractivity contribution is 0.290. The van der Waals surface area contributed by atoms with Gasteiger partial charge in [0.15, 0.2) is 17.3 Å². The number of halogens is 1. The lowest BCUT2D eigenvalue weighted by atomic mass is 10.1. The Balaban J connectivity index is 1.95. The highest BCUT2D eigenvalue weighted by Crippen LogP contribution is 2.29. The molecule has 0 heterocycles. The summed E-state index contributed by atoms with van der Waals surface area (Å²) in [7, 11) is 1.42. The van der Waals surface area contributed by atoms with E-state index in [2.05, 4.69) is 0 Å². The molecule has 0 aliphatic heterocycles. The molecule has 0 aliphatic carbocycles. The number of aliphatic hydroxyl groups excluding tert-OH is 1. The summed E-state index contributed by atoms with van der Waals surface area (Å²) in [4.78, 5) is 0. The standard InChI is InChI=1S/C17H19FO3/c1-20-17-15(18)6-3-7-16(17)21-11-9-14-5-2-4-13(12-14)8-10-19/h2-7,12,19H,8-11H2,1H3. The third-order valence-corrected chi connectivity index (χ3v) is 3.18. The van der Waals surface area contributed by atoms with Gasteiger partial charge in [-0.25, -0.2) is 4.39 Å². The number of hydrogen-bond acceptors (Lipinski definition) is 3. The Labute approximate surface area is 124 Å². The molecule has 2 aromatic carbocycles. The van der Waals surface area contributed by atoms with Crippen LogP contribution >= 0.6 is 0 Å². The summed E-state index contributed by atoms with van der Waals surface area (Å²) in [5.41, 5.74) is 2.22. The van der Waals surface area contributed by atoms with Crippen molar-refractivity contribution in [3.63, 3.8) is 0 Å². The van der Waals surface area contributed by atoms with Crippen LogP contribution < -0.4 is 9.47 Å². The smallest absolute Gasteiger partial charge is 0.196 e. The Morgan fingerprint density at radius 1 is 1.05 bits per heavy atom. The second kappa shape index (κ2) is 7.64. The maximum Gasteiger partial charge on any atom is 0.196 e. The van der Waals surface area contributed by atoms with E-state index < -0.39 is 5.82 Å². The van der Waals surface area contributed by atoms with E-state index >= 15 is 0 Å². The van der Waals surface area contributed by atoms with Gasteiger partial charge in [-0.1, -0.05) is 30.3 Å². The summed E-state index contributed by atoms with van der Waals surface area (Å²) >= 11 is 0. The van der Waals surface area contributed by atoms with Gasteiger partial charge in [0.1, 0.15) is 0 Å². The highest BCUT2D eigenvalue weighted by Gasteiger charge is 2.09. The van der Waals surface area contributed by atoms with E-state index in [1.54, 1.807) is 12.1 Å². The summed E-state index contributed by atoms with van der Waals surface area (Å²) in [5.74, 6) is 0.107. The van der Waals surface area contributed by atoms with Gasteiger partial charge in [-0.05, 0) is 29.7 Å². The largest absolute Gasteiger partial charge is 0.490 e. The second-order valence-corrected chi connectivity index (χ2v) is 4.66. The highest BCUT2D eigenvalue weighted by atomic mass is 19.1. The number of rotatable bonds is 7. The quantitative estimate of drug-likeness (QED) is 0.852. The van der Waals surface area contributed by atoms with E-state index in [0.717, 1.165) is 11.1 Å². The molecule has 0 spiro atoms. The first-order valence-corrected chi connectivity index (χ1v) is 6.88. The van der Waals surface area contributed by atoms with Crippen molar-refractivity contribution in [2.75, 3.05) is 20.3 Å². The van der Waals surface area contributed by atoms with Crippen molar-refractivity contribution in [2.24, 2.45) is 0 Å². The van der Waals surface area contributed by atoms with Crippen molar-refractivity contribution in [2.45, 2.75) is 12.8 Å². The van der Waals surface area contributed by atoms with Crippen LogP contribution in [-0.4, -0.2) is 25.4 Å². The average molecular weight is 290 g/mol. The zero-order valence-corrected chi connectivity index (χ0v) is 12.0. The molecular weight excluding hydrogens is 271 g/mol. The summed E-state index contributed by atoms with van der Waals surface area (Å²) in [6.45, 7) is 0.572. The lowest BCUT2D eigenvalue weighted by Crippen LogP contribution is -2.04. The van der Waals surface area contributed by atoms with Crippen molar-refractivity contribution in [3.8, 4) is 11.5 Å². The van der Waals surface area contributed by atoms with Gasteiger partial charge in [0.2, 0.25) is 0 Å². The Morgan fingerprint density at radius 3 is 2.48 bits per heavy atom. The van der Waals surface area contributed by atoms with Crippen LogP contribution in [0.25, 0.3) is 0 Å². The second-order valence-electron chi connectivity index (χ2n) is 4.66. The monoisotopic (exact) mass is 290 g/mol. The molecule has 0 saturated heterocycles. The normalized spacial score (nSPS) is 10.4. The third kappa shape index (κ3) is 4.20. The molecule has 2 aromatic rings. The van der Waals surface area contributed by atoms with Crippen molar-refractivity contribution >= 4 is 0 Å². The zero-order chi connectivity index (χ0) is 15.1. The molecular formula is C17H19FO3. The fraction of sp³-hybridized carbons (Fsp3) is 0.294. The summed E-state index contributed by atoms with van der Waals surface area (Å²) in [6.07, 6.45) is 1.35. The predicted molar refractivity (Wildman–Crippen MR) is 79.4 cm³/mol. The molecule has 1 N–H and O–H groups in total. The first-order chi connectivity index (χ1) is 10.2. The van der Waals surface area contributed by atoms with Crippen molar-refractivity contribution in [1.82, 2.24) is 0 Å². The molecule has 0 saturated carbocycles. The molecule has 4 heteroatoms. The summed E-state index contributed by atoms with van der Waals surface area (Å²) < 4.78 is 24.1. The lowest BCUT2D eigenvalue weighted by Gasteiger charge is -2.11. The number of ether oxygens (including phenoxy) is 2. The SMILES string of the molecule is COc1c(F)cccc1OCCc1cccc(CCO)c1. The van der Waals surface area contributed by atoms with E-state index in [4.69, 9.17) is 14.6 Å². The first-order valence-electron chi connectivity index (χ1n) is 6.88. The molecule has 2 rings (SSSR count). The minimum absolute atomic E-state index is 0.131. The van der Waals surface area contributed by atoms with Crippen molar-refractivity contribution in [3.05, 3.63) is 59.4 Å². The minimum atomic E-state index is -0.431. The van der Waals surface area contributed by atoms with Gasteiger partial charge < -0.3 is 14.6 Å². The molecule has 0 aliphatic rings. The van der Waals surface area contributed by atoms with Crippen LogP contribution in [0.3, 0.4) is 0 Å². The van der Waals surface area contributed by atoms with Gasteiger partial charge in [0, 0.05) is 13.0 Å². The fourth-order valence-electron chi connectivity index (χ4n) is 2.15. The maximum atomic E-state index is 13.5. The van der Waals surface area contributed by atoms with Gasteiger partial charge in [-0.15, -0.1) is 0 Å². The molecule has 0 radical (unpaired) electrons. The van der Waals surface area contributed by atoms with Crippen LogP contribution in [0.5, 0.6) is 11.5 Å². The molecule has 0 fully saturated rings. The highest BCUT2D eigenvalue weighted by molar-refractivity contribution is 5.40. The Hall–Kier alpha value is -2.07. The van der Waals surface area contributed by atoms with Gasteiger partial charge in [-0.3, -0.25) is 0 Å². The molecule has 0 atom stereocenters. The van der Waals surface area contributed by atoms with Crippen LogP contribution in [0.1, 0.15) is 11.1 Å². The van der Waals surface area contributed by atoms with E-state index in [9.17, 15) is 4.39 Å². The number of methoxy groups -OCH3 is 1. The first kappa shape index (κ1) is 15.3. The molecule has 0 unspecified atom stereocenters. The Kier molecular flexibility index (Phi) is 5.58. The van der Waals surface area contributed by atoms with Gasteiger partial charge in [0.25, 0.3) is 0 Å². The van der Waals surface area contributed by atoms with E-state index in [-0.39, 0.29) is 12.4 Å². The molecule has 0 bridgehead atoms. The van der Waals surface area contributed by atoms with Crippen molar-refractivity contribution in [1.29, 1.82) is 0 Å². The van der Waals surface area contributed by atoms with Crippen LogP contribution in [-0.2, 0) is 12.8 Å². The average Bonchev–Trinajstić information content (AvgIpc) is 2.48. The molecule has 112 valence electrons. The predicted octanol–water partition coefficient (Wildman–Crippen LogP) is 2.99. The van der Waals surface area contributed by atoms with E-state index in [0.29, 0.717) is 25.2 Å². The maximum absolute atomic E-state index is 13.5. The third-order valence-electron chi connectivity index (χ3n) is 3.18. The number of para-hydroxylation sites is 1. The van der Waals surface area contributed by atoms with E-state index in [1.807, 2.05) is 24.3 Å². The van der Waals surface area contributed by atoms with E-state index in [1.165, 1.54) is 13.2 Å². The molecule has 0 aromatic heterocycles. The van der Waals surface area contributed by atoms with Crippen LogP contribution in [0.15, 0.2) is 42.5 Å². The summed E-state index contributed by atoms with van der Waals surface area (Å²) in [5, 5.41) is 8.94. The molecule has 3 nitrogen and oxygen atoms in total. The van der Waals surface area contributed by atoms with Crippen LogP contribution in [0.4, 0.5) is 4.39 Å².